The molecule has 0 fully saturated rings. The molecule has 2 aromatic heterocycles. The molecule has 0 atom stereocenters. The molecule has 56 valence electrons. The number of hydrogen-bond donors (Lipinski definition) is 0. The van der Waals surface area contributed by atoms with Crippen LogP contribution in [0.4, 0.5) is 0 Å². The minimum atomic E-state index is 0. The Morgan fingerprint density at radius 2 is 2.17 bits per heavy atom. The highest BCUT2D eigenvalue weighted by molar-refractivity contribution is 5.74. The molecule has 3 heteroatoms. The zero-order chi connectivity index (χ0) is 8.39. The smallest absolute Gasteiger partial charge is 0.255 e. The number of nitrogens with zero attached hydrogens (tertiary/aromatic N) is 3. The van der Waals surface area contributed by atoms with Gasteiger partial charge in [-0.25, -0.2) is 4.98 Å². The summed E-state index contributed by atoms with van der Waals surface area (Å²) in [6.45, 7) is 0. The van der Waals surface area contributed by atoms with Crippen LogP contribution in [0.3, 0.4) is 0 Å². The summed E-state index contributed by atoms with van der Waals surface area (Å²) in [6.07, 6.45) is 1.70. The summed E-state index contributed by atoms with van der Waals surface area (Å²) in [5, 5.41) is 8.56. The van der Waals surface area contributed by atoms with Gasteiger partial charge < -0.3 is 0 Å². The summed E-state index contributed by atoms with van der Waals surface area (Å²) in [6, 6.07) is 9.07. The third kappa shape index (κ3) is 0.995. The number of rotatable bonds is 0. The molecule has 0 N–H and O–H groups in total. The van der Waals surface area contributed by atoms with Gasteiger partial charge in [0.1, 0.15) is 11.8 Å². The van der Waals surface area contributed by atoms with Crippen LogP contribution in [-0.4, -0.2) is 9.97 Å². The quantitative estimate of drug-likeness (QED) is 0.582. The first-order chi connectivity index (χ1) is 5.90. The molecular weight excluding hydrogens is 150 g/mol. The van der Waals surface area contributed by atoms with Gasteiger partial charge in [0.05, 0.1) is 11.0 Å². The lowest BCUT2D eigenvalue weighted by Crippen LogP contribution is -1.84. The minimum Gasteiger partial charge on any atom is -0.255 e. The number of hydrogen-bond acceptors (Lipinski definition) is 3. The molecule has 0 aromatic carbocycles. The van der Waals surface area contributed by atoms with Crippen molar-refractivity contribution in [1.82, 2.24) is 9.97 Å². The number of pyridine rings is 2. The highest BCUT2D eigenvalue weighted by atomic mass is 14.7. The largest absolute Gasteiger partial charge is 1.00 e. The van der Waals surface area contributed by atoms with E-state index in [1.807, 2.05) is 12.1 Å². The zero-order valence-electron chi connectivity index (χ0n) is 7.23. The first-order valence-corrected chi connectivity index (χ1v) is 3.52. The van der Waals surface area contributed by atoms with Crippen LogP contribution in [0.5, 0.6) is 0 Å². The normalized spacial score (nSPS) is 9.58. The van der Waals surface area contributed by atoms with Gasteiger partial charge in [-0.2, -0.15) is 5.26 Å². The molecule has 0 saturated carbocycles. The third-order valence-corrected chi connectivity index (χ3v) is 1.57. The molecular formula is C9H6N3+. The molecule has 0 aliphatic carbocycles. The Balaban J connectivity index is 0.000000845. The van der Waals surface area contributed by atoms with Crippen LogP contribution in [0.1, 0.15) is 7.12 Å². The second-order valence-corrected chi connectivity index (χ2v) is 2.35. The molecule has 2 heterocycles. The average Bonchev–Trinajstić information content (AvgIpc) is 2.17. The van der Waals surface area contributed by atoms with Crippen LogP contribution in [-0.2, 0) is 0 Å². The number of aromatic nitrogens is 2. The van der Waals surface area contributed by atoms with Gasteiger partial charge in [-0.3, -0.25) is 4.98 Å². The van der Waals surface area contributed by atoms with Gasteiger partial charge in [-0.15, -0.1) is 0 Å². The summed E-state index contributed by atoms with van der Waals surface area (Å²) in [4.78, 5) is 8.15. The zero-order valence-corrected chi connectivity index (χ0v) is 6.23. The van der Waals surface area contributed by atoms with Gasteiger partial charge in [0.2, 0.25) is 0 Å². The van der Waals surface area contributed by atoms with Crippen molar-refractivity contribution in [3.63, 3.8) is 0 Å². The Hall–Kier alpha value is -1.95. The number of fused-ring (bicyclic) bond motifs is 1. The van der Waals surface area contributed by atoms with E-state index >= 15 is 0 Å². The van der Waals surface area contributed by atoms with Gasteiger partial charge in [-0.05, 0) is 24.3 Å². The van der Waals surface area contributed by atoms with E-state index in [0.717, 1.165) is 11.0 Å². The van der Waals surface area contributed by atoms with E-state index in [1.165, 1.54) is 0 Å². The molecule has 0 amide bonds. The first-order valence-electron chi connectivity index (χ1n) is 3.52. The Morgan fingerprint density at radius 3 is 3.00 bits per heavy atom. The molecule has 3 nitrogen and oxygen atoms in total. The predicted octanol–water partition coefficient (Wildman–Crippen LogP) is 1.61. The Labute approximate surface area is 70.8 Å². The van der Waals surface area contributed by atoms with Gasteiger partial charge in [0, 0.05) is 6.20 Å². The van der Waals surface area contributed by atoms with Crippen molar-refractivity contribution in [3.8, 4) is 6.07 Å². The highest BCUT2D eigenvalue weighted by Gasteiger charge is 1.95. The van der Waals surface area contributed by atoms with E-state index in [4.69, 9.17) is 5.26 Å². The lowest BCUT2D eigenvalue weighted by Gasteiger charge is -1.93. The second kappa shape index (κ2) is 2.59. The summed E-state index contributed by atoms with van der Waals surface area (Å²) in [5.41, 5.74) is 2.00. The molecule has 2 aromatic rings. The third-order valence-electron chi connectivity index (χ3n) is 1.57. The SMILES string of the molecule is N#Cc1ccc2ncccc2n1.[H+]. The molecule has 0 unspecified atom stereocenters. The van der Waals surface area contributed by atoms with E-state index in [1.54, 1.807) is 24.4 Å². The van der Waals surface area contributed by atoms with Crippen molar-refractivity contribution in [2.75, 3.05) is 0 Å². The van der Waals surface area contributed by atoms with E-state index in [2.05, 4.69) is 9.97 Å². The van der Waals surface area contributed by atoms with Crippen molar-refractivity contribution in [3.05, 3.63) is 36.2 Å². The fourth-order valence-electron chi connectivity index (χ4n) is 1.02. The maximum atomic E-state index is 8.56. The van der Waals surface area contributed by atoms with Gasteiger partial charge in [-0.1, -0.05) is 0 Å². The van der Waals surface area contributed by atoms with E-state index in [9.17, 15) is 0 Å². The second-order valence-electron chi connectivity index (χ2n) is 2.35. The standard InChI is InChI=1S/C9H5N3/c10-6-7-3-4-8-9(12-7)2-1-5-11-8/h1-5H/p+1. The van der Waals surface area contributed by atoms with E-state index in [0.29, 0.717) is 5.69 Å². The molecule has 0 spiro atoms. The molecule has 12 heavy (non-hydrogen) atoms. The van der Waals surface area contributed by atoms with Crippen LogP contribution in [0.2, 0.25) is 0 Å². The highest BCUT2D eigenvalue weighted by Crippen LogP contribution is 2.07. The Kier molecular flexibility index (Phi) is 1.45. The lowest BCUT2D eigenvalue weighted by atomic mass is 10.3. The fourth-order valence-corrected chi connectivity index (χ4v) is 1.02. The van der Waals surface area contributed by atoms with Gasteiger partial charge in [0.15, 0.2) is 0 Å². The summed E-state index contributed by atoms with van der Waals surface area (Å²) in [5.74, 6) is 0. The predicted molar refractivity (Wildman–Crippen MR) is 45.4 cm³/mol. The first kappa shape index (κ1) is 6.74. The van der Waals surface area contributed by atoms with Crippen molar-refractivity contribution < 1.29 is 1.43 Å². The van der Waals surface area contributed by atoms with Crippen molar-refractivity contribution in [1.29, 1.82) is 5.26 Å². The Bertz CT molecular complexity index is 462. The van der Waals surface area contributed by atoms with Crippen LogP contribution < -0.4 is 0 Å². The minimum absolute atomic E-state index is 0. The molecule has 0 bridgehead atoms. The fraction of sp³-hybridized carbons (Fsp3) is 0. The molecule has 0 radical (unpaired) electrons. The van der Waals surface area contributed by atoms with E-state index < -0.39 is 0 Å². The molecule has 0 aliphatic rings. The molecule has 0 saturated heterocycles. The van der Waals surface area contributed by atoms with Crippen molar-refractivity contribution in [2.24, 2.45) is 0 Å². The van der Waals surface area contributed by atoms with Crippen LogP contribution >= 0.6 is 0 Å². The van der Waals surface area contributed by atoms with Crippen molar-refractivity contribution >= 4 is 11.0 Å². The van der Waals surface area contributed by atoms with Gasteiger partial charge in [0.25, 0.3) is 0 Å². The van der Waals surface area contributed by atoms with E-state index in [-0.39, 0.29) is 1.43 Å². The topological polar surface area (TPSA) is 49.6 Å². The molecule has 0 aliphatic heterocycles. The maximum Gasteiger partial charge on any atom is 1.00 e. The van der Waals surface area contributed by atoms with Crippen LogP contribution in [0.25, 0.3) is 11.0 Å². The lowest BCUT2D eigenvalue weighted by molar-refractivity contribution is 1.29. The van der Waals surface area contributed by atoms with Crippen LogP contribution in [0, 0.1) is 11.3 Å². The average molecular weight is 156 g/mol. The maximum absolute atomic E-state index is 8.56. The summed E-state index contributed by atoms with van der Waals surface area (Å²) in [7, 11) is 0. The Morgan fingerprint density at radius 1 is 1.25 bits per heavy atom. The molecule has 2 rings (SSSR count). The van der Waals surface area contributed by atoms with Crippen LogP contribution in [0.15, 0.2) is 30.5 Å². The number of nitriles is 1. The summed E-state index contributed by atoms with van der Waals surface area (Å²) < 4.78 is 0. The van der Waals surface area contributed by atoms with Gasteiger partial charge >= 0.3 is 1.43 Å². The monoisotopic (exact) mass is 156 g/mol. The van der Waals surface area contributed by atoms with Crippen molar-refractivity contribution in [2.45, 2.75) is 0 Å². The summed E-state index contributed by atoms with van der Waals surface area (Å²) >= 11 is 0.